The van der Waals surface area contributed by atoms with Gasteiger partial charge in [-0.1, -0.05) is 18.2 Å². The minimum absolute atomic E-state index is 0.0256. The number of methoxy groups -OCH3 is 2. The average Bonchev–Trinajstić information content (AvgIpc) is 2.53. The molecule has 0 radical (unpaired) electrons. The number of aromatic hydroxyl groups is 1. The van der Waals surface area contributed by atoms with Gasteiger partial charge in [0.1, 0.15) is 5.75 Å². The van der Waals surface area contributed by atoms with E-state index in [0.29, 0.717) is 17.1 Å². The minimum atomic E-state index is -0.507. The predicted molar refractivity (Wildman–Crippen MR) is 83.2 cm³/mol. The first-order valence-electron chi connectivity index (χ1n) is 6.42. The highest BCUT2D eigenvalue weighted by Gasteiger charge is 2.08. The molecule has 0 atom stereocenters. The summed E-state index contributed by atoms with van der Waals surface area (Å²) >= 11 is 0. The minimum Gasteiger partial charge on any atom is -0.507 e. The molecule has 6 heteroatoms. The molecule has 0 unspecified atom stereocenters. The molecule has 2 aromatic carbocycles. The van der Waals surface area contributed by atoms with Gasteiger partial charge >= 0.3 is 0 Å². The van der Waals surface area contributed by atoms with Gasteiger partial charge in [-0.2, -0.15) is 0 Å². The zero-order chi connectivity index (χ0) is 16.1. The maximum Gasteiger partial charge on any atom is 0.270 e. The van der Waals surface area contributed by atoms with E-state index >= 15 is 0 Å². The normalized spacial score (nSPS) is 10.6. The third-order valence-corrected chi connectivity index (χ3v) is 3.08. The van der Waals surface area contributed by atoms with Crippen LogP contribution in [0.1, 0.15) is 11.1 Å². The number of hydrogen-bond donors (Lipinski definition) is 1. The monoisotopic (exact) mass is 301 g/mol. The number of nitro groups is 1. The van der Waals surface area contributed by atoms with E-state index in [2.05, 4.69) is 0 Å². The third-order valence-electron chi connectivity index (χ3n) is 3.08. The largest absolute Gasteiger partial charge is 0.507 e. The number of benzene rings is 2. The van der Waals surface area contributed by atoms with Crippen LogP contribution in [0.3, 0.4) is 0 Å². The Hall–Kier alpha value is -3.02. The average molecular weight is 301 g/mol. The molecule has 1 N–H and O–H groups in total. The summed E-state index contributed by atoms with van der Waals surface area (Å²) in [5.74, 6) is 1.16. The van der Waals surface area contributed by atoms with Crippen LogP contribution in [-0.4, -0.2) is 24.2 Å². The first-order valence-corrected chi connectivity index (χ1v) is 6.42. The Balaban J connectivity index is 2.32. The summed E-state index contributed by atoms with van der Waals surface area (Å²) in [5.41, 5.74) is 1.09. The van der Waals surface area contributed by atoms with Crippen molar-refractivity contribution < 1.29 is 19.5 Å². The Bertz CT molecular complexity index is 724. The molecule has 114 valence electrons. The highest BCUT2D eigenvalue weighted by atomic mass is 16.6. The molecule has 2 rings (SSSR count). The smallest absolute Gasteiger partial charge is 0.270 e. The van der Waals surface area contributed by atoms with Crippen LogP contribution in [0.25, 0.3) is 12.2 Å². The number of nitro benzene ring substituents is 1. The molecule has 0 saturated heterocycles. The quantitative estimate of drug-likeness (QED) is 0.519. The molecule has 0 spiro atoms. The fraction of sp³-hybridized carbons (Fsp3) is 0.125. The molecule has 0 aromatic heterocycles. The van der Waals surface area contributed by atoms with E-state index in [0.717, 1.165) is 5.56 Å². The first-order chi connectivity index (χ1) is 10.5. The van der Waals surface area contributed by atoms with Gasteiger partial charge in [-0.15, -0.1) is 0 Å². The summed E-state index contributed by atoms with van der Waals surface area (Å²) in [7, 11) is 3.09. The van der Waals surface area contributed by atoms with Gasteiger partial charge in [0.05, 0.1) is 19.1 Å². The highest BCUT2D eigenvalue weighted by molar-refractivity contribution is 5.74. The lowest BCUT2D eigenvalue weighted by molar-refractivity contribution is -0.384. The summed E-state index contributed by atoms with van der Waals surface area (Å²) < 4.78 is 10.4. The second-order valence-corrected chi connectivity index (χ2v) is 4.45. The number of non-ortho nitro benzene ring substituents is 1. The zero-order valence-corrected chi connectivity index (χ0v) is 12.1. The molecule has 0 amide bonds. The van der Waals surface area contributed by atoms with Crippen molar-refractivity contribution in [3.8, 4) is 17.2 Å². The van der Waals surface area contributed by atoms with Crippen molar-refractivity contribution in [1.29, 1.82) is 0 Å². The molecular weight excluding hydrogens is 286 g/mol. The van der Waals surface area contributed by atoms with Gasteiger partial charge in [0.2, 0.25) is 0 Å². The number of ether oxygens (including phenoxy) is 2. The third kappa shape index (κ3) is 3.35. The van der Waals surface area contributed by atoms with Crippen molar-refractivity contribution in [2.75, 3.05) is 14.2 Å². The van der Waals surface area contributed by atoms with Crippen LogP contribution < -0.4 is 9.47 Å². The number of rotatable bonds is 5. The second-order valence-electron chi connectivity index (χ2n) is 4.45. The van der Waals surface area contributed by atoms with Gasteiger partial charge < -0.3 is 14.6 Å². The summed E-state index contributed by atoms with van der Waals surface area (Å²) in [4.78, 5) is 10.3. The van der Waals surface area contributed by atoms with Gasteiger partial charge in [-0.05, 0) is 23.8 Å². The van der Waals surface area contributed by atoms with Crippen molar-refractivity contribution in [3.05, 3.63) is 57.6 Å². The zero-order valence-electron chi connectivity index (χ0n) is 12.1. The highest BCUT2D eigenvalue weighted by Crippen LogP contribution is 2.29. The standard InChI is InChI=1S/C16H15NO5/c1-21-15-8-4-11(9-16(15)22-2)3-5-12-10-13(17(19)20)6-7-14(12)18/h3-10,18H,1-2H3. The summed E-state index contributed by atoms with van der Waals surface area (Å²) in [6, 6.07) is 9.20. The molecular formula is C16H15NO5. The van der Waals surface area contributed by atoms with Crippen LogP contribution in [0.2, 0.25) is 0 Å². The molecule has 0 aliphatic rings. The van der Waals surface area contributed by atoms with Crippen LogP contribution in [0.15, 0.2) is 36.4 Å². The number of hydrogen-bond acceptors (Lipinski definition) is 5. The van der Waals surface area contributed by atoms with Crippen LogP contribution in [0.4, 0.5) is 5.69 Å². The summed E-state index contributed by atoms with van der Waals surface area (Å²) in [6.07, 6.45) is 3.32. The van der Waals surface area contributed by atoms with E-state index in [-0.39, 0.29) is 11.4 Å². The first kappa shape index (κ1) is 15.4. The van der Waals surface area contributed by atoms with Crippen molar-refractivity contribution in [2.45, 2.75) is 0 Å². The molecule has 0 aliphatic carbocycles. The molecule has 0 heterocycles. The van der Waals surface area contributed by atoms with Crippen molar-refractivity contribution >= 4 is 17.8 Å². The van der Waals surface area contributed by atoms with Gasteiger partial charge in [0, 0.05) is 17.7 Å². The van der Waals surface area contributed by atoms with Gasteiger partial charge in [0.15, 0.2) is 11.5 Å². The number of phenolic OH excluding ortho intramolecular Hbond substituents is 1. The van der Waals surface area contributed by atoms with Crippen LogP contribution in [-0.2, 0) is 0 Å². The van der Waals surface area contributed by atoms with Crippen LogP contribution >= 0.6 is 0 Å². The van der Waals surface area contributed by atoms with Gasteiger partial charge in [-0.25, -0.2) is 0 Å². The van der Waals surface area contributed by atoms with E-state index in [4.69, 9.17) is 9.47 Å². The Morgan fingerprint density at radius 1 is 1.05 bits per heavy atom. The molecule has 6 nitrogen and oxygen atoms in total. The second kappa shape index (κ2) is 6.62. The van der Waals surface area contributed by atoms with Crippen molar-refractivity contribution in [1.82, 2.24) is 0 Å². The number of phenols is 1. The molecule has 0 bridgehead atoms. The summed E-state index contributed by atoms with van der Waals surface area (Å²) in [5, 5.41) is 20.5. The van der Waals surface area contributed by atoms with E-state index in [1.807, 2.05) is 6.07 Å². The van der Waals surface area contributed by atoms with E-state index < -0.39 is 4.92 Å². The van der Waals surface area contributed by atoms with E-state index in [1.165, 1.54) is 25.3 Å². The molecule has 2 aromatic rings. The molecule has 0 fully saturated rings. The fourth-order valence-corrected chi connectivity index (χ4v) is 1.93. The van der Waals surface area contributed by atoms with Gasteiger partial charge in [-0.3, -0.25) is 10.1 Å². The van der Waals surface area contributed by atoms with Crippen molar-refractivity contribution in [2.24, 2.45) is 0 Å². The molecule has 0 saturated carbocycles. The molecule has 22 heavy (non-hydrogen) atoms. The summed E-state index contributed by atoms with van der Waals surface area (Å²) in [6.45, 7) is 0. The maximum absolute atomic E-state index is 10.8. The number of nitrogens with zero attached hydrogens (tertiary/aromatic N) is 1. The van der Waals surface area contributed by atoms with Gasteiger partial charge in [0.25, 0.3) is 5.69 Å². The predicted octanol–water partition coefficient (Wildman–Crippen LogP) is 3.49. The van der Waals surface area contributed by atoms with E-state index in [9.17, 15) is 15.2 Å². The Morgan fingerprint density at radius 2 is 1.77 bits per heavy atom. The van der Waals surface area contributed by atoms with Crippen molar-refractivity contribution in [3.63, 3.8) is 0 Å². The lowest BCUT2D eigenvalue weighted by atomic mass is 10.1. The fourth-order valence-electron chi connectivity index (χ4n) is 1.93. The van der Waals surface area contributed by atoms with Crippen LogP contribution in [0.5, 0.6) is 17.2 Å². The van der Waals surface area contributed by atoms with Crippen LogP contribution in [0, 0.1) is 10.1 Å². The topological polar surface area (TPSA) is 81.8 Å². The lowest BCUT2D eigenvalue weighted by Crippen LogP contribution is -1.90. The van der Waals surface area contributed by atoms with E-state index in [1.54, 1.807) is 31.4 Å². The Morgan fingerprint density at radius 3 is 2.41 bits per heavy atom. The maximum atomic E-state index is 10.8. The lowest BCUT2D eigenvalue weighted by Gasteiger charge is -2.07. The Kier molecular flexibility index (Phi) is 4.63. The Labute approximate surface area is 127 Å². The SMILES string of the molecule is COc1ccc(C=Cc2cc([N+](=O)[O-])ccc2O)cc1OC. The molecule has 0 aliphatic heterocycles.